The van der Waals surface area contributed by atoms with Crippen molar-refractivity contribution in [3.63, 3.8) is 0 Å². The highest BCUT2D eigenvalue weighted by Crippen LogP contribution is 2.31. The van der Waals surface area contributed by atoms with Crippen LogP contribution in [0.3, 0.4) is 0 Å². The normalized spacial score (nSPS) is 20.6. The number of carbonyl (C=O) groups is 2. The van der Waals surface area contributed by atoms with E-state index in [1.165, 1.54) is 0 Å². The molecule has 1 saturated heterocycles. The summed E-state index contributed by atoms with van der Waals surface area (Å²) in [5, 5.41) is 12.6. The summed E-state index contributed by atoms with van der Waals surface area (Å²) in [6, 6.07) is 0.0804. The van der Waals surface area contributed by atoms with Gasteiger partial charge < -0.3 is 15.1 Å². The summed E-state index contributed by atoms with van der Waals surface area (Å²) in [6.07, 6.45) is 1.73. The predicted molar refractivity (Wildman–Crippen MR) is 118 cm³/mol. The maximum Gasteiger partial charge on any atom is 0.297 e. The van der Waals surface area contributed by atoms with Gasteiger partial charge in [-0.05, 0) is 26.3 Å². The number of amides is 2. The molecule has 1 aliphatic carbocycles. The van der Waals surface area contributed by atoms with Crippen molar-refractivity contribution >= 4 is 18.1 Å². The molecule has 2 fully saturated rings. The van der Waals surface area contributed by atoms with E-state index in [0.29, 0.717) is 37.0 Å². The highest BCUT2D eigenvalue weighted by Gasteiger charge is 2.30. The second-order valence-corrected chi connectivity index (χ2v) is 9.27. The van der Waals surface area contributed by atoms with E-state index >= 15 is 4.39 Å². The van der Waals surface area contributed by atoms with Gasteiger partial charge in [0.1, 0.15) is 5.69 Å². The van der Waals surface area contributed by atoms with Gasteiger partial charge in [0, 0.05) is 25.7 Å². The van der Waals surface area contributed by atoms with E-state index in [9.17, 15) is 23.6 Å². The van der Waals surface area contributed by atoms with E-state index in [-0.39, 0.29) is 30.5 Å². The molecule has 0 aromatic carbocycles. The van der Waals surface area contributed by atoms with E-state index < -0.39 is 36.4 Å². The van der Waals surface area contributed by atoms with Crippen molar-refractivity contribution < 1.29 is 28.0 Å². The summed E-state index contributed by atoms with van der Waals surface area (Å²) in [7, 11) is 1.93. The first-order valence-electron chi connectivity index (χ1n) is 11.7. The van der Waals surface area contributed by atoms with E-state index in [1.54, 1.807) is 4.90 Å². The summed E-state index contributed by atoms with van der Waals surface area (Å²) < 4.78 is 42.2. The number of halogens is 3. The second kappa shape index (κ2) is 11.8. The lowest BCUT2D eigenvalue weighted by Gasteiger charge is -2.38. The van der Waals surface area contributed by atoms with Crippen LogP contribution in [0.1, 0.15) is 57.0 Å². The van der Waals surface area contributed by atoms with Gasteiger partial charge in [-0.2, -0.15) is 0 Å². The van der Waals surface area contributed by atoms with Gasteiger partial charge in [0.05, 0.1) is 19.0 Å². The number of anilines is 1. The van der Waals surface area contributed by atoms with Gasteiger partial charge >= 0.3 is 0 Å². The average Bonchev–Trinajstić information content (AvgIpc) is 3.32. The number of hydrogen-bond donors (Lipinski definition) is 2. The number of carbonyl (C=O) groups excluding carboxylic acids is 2. The van der Waals surface area contributed by atoms with Crippen LogP contribution in [0.5, 0.6) is 0 Å². The fraction of sp³-hybridized carbons (Fsp3) is 0.727. The molecule has 0 bridgehead atoms. The summed E-state index contributed by atoms with van der Waals surface area (Å²) in [4.78, 5) is 34.9. The van der Waals surface area contributed by atoms with Crippen LogP contribution in [0.2, 0.25) is 0 Å². The van der Waals surface area contributed by atoms with Gasteiger partial charge in [-0.1, -0.05) is 25.7 Å². The van der Waals surface area contributed by atoms with Crippen LogP contribution < -0.4 is 10.2 Å². The number of piperazine rings is 1. The third-order valence-corrected chi connectivity index (χ3v) is 6.80. The topological polar surface area (TPSA) is 102 Å². The number of likely N-dealkylation sites (N-methyl/N-ethyl adjacent to an activating group) is 1. The minimum Gasteiger partial charge on any atom is -0.351 e. The Bertz CT molecular complexity index is 855. The molecular formula is C22H33F3N6O3. The molecule has 2 atom stereocenters. The van der Waals surface area contributed by atoms with Gasteiger partial charge in [-0.25, -0.2) is 28.2 Å². The smallest absolute Gasteiger partial charge is 0.297 e. The zero-order valence-corrected chi connectivity index (χ0v) is 19.6. The van der Waals surface area contributed by atoms with Gasteiger partial charge in [-0.15, -0.1) is 0 Å². The van der Waals surface area contributed by atoms with Crippen LogP contribution in [-0.2, 0) is 16.1 Å². The van der Waals surface area contributed by atoms with Crippen molar-refractivity contribution in [3.8, 4) is 0 Å². The van der Waals surface area contributed by atoms with Crippen molar-refractivity contribution in [2.24, 2.45) is 11.8 Å². The highest BCUT2D eigenvalue weighted by atomic mass is 19.3. The number of hydroxylamine groups is 2. The summed E-state index contributed by atoms with van der Waals surface area (Å²) in [5.74, 6) is -2.75. The van der Waals surface area contributed by atoms with E-state index in [2.05, 4.69) is 20.2 Å². The first kappa shape index (κ1) is 26.1. The fourth-order valence-corrected chi connectivity index (χ4v) is 4.66. The predicted octanol–water partition coefficient (Wildman–Crippen LogP) is 2.35. The largest absolute Gasteiger partial charge is 0.351 e. The highest BCUT2D eigenvalue weighted by molar-refractivity contribution is 5.79. The SMILES string of the molecule is C[C@@H]1CN(c2nc(C(F)F)nc(CNC(=O)[C@H](CC3CCCC3)CN(O)C=O)c2F)CCN1C. The molecule has 3 rings (SSSR count). The molecule has 190 valence electrons. The van der Waals surface area contributed by atoms with Gasteiger partial charge in [0.2, 0.25) is 12.3 Å². The van der Waals surface area contributed by atoms with E-state index in [0.717, 1.165) is 25.7 Å². The zero-order valence-electron chi connectivity index (χ0n) is 19.6. The lowest BCUT2D eigenvalue weighted by Crippen LogP contribution is -2.50. The molecular weight excluding hydrogens is 453 g/mol. The van der Waals surface area contributed by atoms with Crippen LogP contribution in [0.25, 0.3) is 0 Å². The number of rotatable bonds is 10. The Hall–Kier alpha value is -2.47. The van der Waals surface area contributed by atoms with Crippen molar-refractivity contribution in [1.29, 1.82) is 0 Å². The molecule has 0 radical (unpaired) electrons. The maximum atomic E-state index is 15.3. The third-order valence-electron chi connectivity index (χ3n) is 6.80. The molecule has 0 unspecified atom stereocenters. The fourth-order valence-electron chi connectivity index (χ4n) is 4.66. The Morgan fingerprint density at radius 1 is 1.29 bits per heavy atom. The molecule has 9 nitrogen and oxygen atoms in total. The van der Waals surface area contributed by atoms with E-state index in [1.807, 2.05) is 14.0 Å². The van der Waals surface area contributed by atoms with Crippen LogP contribution in [-0.4, -0.2) is 76.7 Å². The molecule has 1 aromatic heterocycles. The summed E-state index contributed by atoms with van der Waals surface area (Å²) >= 11 is 0. The zero-order chi connectivity index (χ0) is 24.8. The second-order valence-electron chi connectivity index (χ2n) is 9.27. The lowest BCUT2D eigenvalue weighted by atomic mass is 9.92. The van der Waals surface area contributed by atoms with Gasteiger partial charge in [-0.3, -0.25) is 14.8 Å². The van der Waals surface area contributed by atoms with Crippen LogP contribution in [0.15, 0.2) is 0 Å². The Morgan fingerprint density at radius 2 is 2.00 bits per heavy atom. The number of aromatic nitrogens is 2. The number of nitrogens with zero attached hydrogens (tertiary/aromatic N) is 5. The van der Waals surface area contributed by atoms with Gasteiger partial charge in [0.25, 0.3) is 6.43 Å². The number of alkyl halides is 2. The molecule has 2 N–H and O–H groups in total. The Balaban J connectivity index is 1.76. The number of hydrogen-bond acceptors (Lipinski definition) is 7. The molecule has 1 saturated carbocycles. The van der Waals surface area contributed by atoms with Crippen LogP contribution >= 0.6 is 0 Å². The summed E-state index contributed by atoms with van der Waals surface area (Å²) in [5.41, 5.74) is -0.323. The molecule has 0 spiro atoms. The monoisotopic (exact) mass is 486 g/mol. The molecule has 2 heterocycles. The van der Waals surface area contributed by atoms with Crippen molar-refractivity contribution in [3.05, 3.63) is 17.3 Å². The number of nitrogens with one attached hydrogen (secondary N) is 1. The average molecular weight is 487 g/mol. The molecule has 1 aromatic rings. The standard InChI is InChI=1S/C22H33F3N6O3/c1-14-11-30(8-7-29(14)2)21-18(23)17(27-20(28-21)19(24)25)10-26-22(33)16(12-31(34)13-32)9-15-5-3-4-6-15/h13-16,19,34H,3-12H2,1-2H3,(H,26,33)/t14-,16-/m1/s1. The van der Waals surface area contributed by atoms with Crippen LogP contribution in [0.4, 0.5) is 19.0 Å². The quantitative estimate of drug-likeness (QED) is 0.297. The van der Waals surface area contributed by atoms with Crippen molar-refractivity contribution in [2.45, 2.75) is 58.0 Å². The minimum absolute atomic E-state index is 0.0804. The molecule has 2 amide bonds. The first-order valence-corrected chi connectivity index (χ1v) is 11.7. The van der Waals surface area contributed by atoms with Crippen molar-refractivity contribution in [1.82, 2.24) is 25.2 Å². The third kappa shape index (κ3) is 6.56. The minimum atomic E-state index is -3.00. The Labute approximate surface area is 197 Å². The molecule has 2 aliphatic rings. The Kier molecular flexibility index (Phi) is 9.06. The molecule has 1 aliphatic heterocycles. The van der Waals surface area contributed by atoms with E-state index in [4.69, 9.17) is 0 Å². The van der Waals surface area contributed by atoms with Crippen molar-refractivity contribution in [2.75, 3.05) is 38.1 Å². The molecule has 34 heavy (non-hydrogen) atoms. The maximum absolute atomic E-state index is 15.3. The van der Waals surface area contributed by atoms with Crippen LogP contribution in [0, 0.1) is 17.7 Å². The Morgan fingerprint density at radius 3 is 2.62 bits per heavy atom. The first-order chi connectivity index (χ1) is 16.2. The summed E-state index contributed by atoms with van der Waals surface area (Å²) in [6.45, 7) is 2.81. The molecule has 12 heteroatoms. The lowest BCUT2D eigenvalue weighted by molar-refractivity contribution is -0.155. The van der Waals surface area contributed by atoms with Gasteiger partial charge in [0.15, 0.2) is 17.5 Å².